The molecule has 0 atom stereocenters. The minimum absolute atomic E-state index is 0.333. The third-order valence-corrected chi connectivity index (χ3v) is 2.51. The van der Waals surface area contributed by atoms with Gasteiger partial charge in [0.1, 0.15) is 11.3 Å². The number of aliphatic hydroxyl groups is 1. The maximum absolute atomic E-state index is 12.9. The lowest BCUT2D eigenvalue weighted by molar-refractivity contribution is -0.166. The molecule has 0 radical (unpaired) electrons. The molecule has 0 saturated carbocycles. The van der Waals surface area contributed by atoms with Gasteiger partial charge in [0, 0.05) is 11.1 Å². The quantitative estimate of drug-likeness (QED) is 0.634. The summed E-state index contributed by atoms with van der Waals surface area (Å²) < 4.78 is 62.5. The highest BCUT2D eigenvalue weighted by molar-refractivity contribution is 6.35. The lowest BCUT2D eigenvalue weighted by atomic mass is 10.1. The molecule has 1 aromatic rings. The summed E-state index contributed by atoms with van der Waals surface area (Å²) in [5.74, 6) is -8.29. The molecule has 1 N–H and O–H groups in total. The Hall–Kier alpha value is -2.25. The zero-order valence-electron chi connectivity index (χ0n) is 8.81. The van der Waals surface area contributed by atoms with Crippen LogP contribution in [0.4, 0.5) is 22.0 Å². The molecular weight excluding hydrogens is 275 g/mol. The number of alkyl halides is 3. The molecule has 1 aromatic carbocycles. The first-order valence-electron chi connectivity index (χ1n) is 4.73. The normalized spacial score (nSPS) is 14.9. The van der Waals surface area contributed by atoms with E-state index in [1.807, 2.05) is 0 Å². The molecule has 1 aliphatic rings. The van der Waals surface area contributed by atoms with Crippen molar-refractivity contribution < 1.29 is 36.6 Å². The highest BCUT2D eigenvalue weighted by Crippen LogP contribution is 2.36. The number of hydrogen-bond donors (Lipinski definition) is 1. The van der Waals surface area contributed by atoms with Crippen molar-refractivity contribution in [1.29, 1.82) is 0 Å². The van der Waals surface area contributed by atoms with Crippen LogP contribution in [0.2, 0.25) is 0 Å². The topological polar surface area (TPSA) is 54.4 Å². The number of Topliss-reactive ketones (excluding diaryl/α,β-unsaturated/α-hetero) is 2. The Bertz CT molecular complexity index is 642. The zero-order chi connectivity index (χ0) is 14.5. The maximum atomic E-state index is 12.9. The van der Waals surface area contributed by atoms with E-state index in [0.29, 0.717) is 12.1 Å². The molecule has 0 aliphatic heterocycles. The summed E-state index contributed by atoms with van der Waals surface area (Å²) in [5, 5.41) is 9.41. The van der Waals surface area contributed by atoms with Gasteiger partial charge in [0.25, 0.3) is 5.78 Å². The van der Waals surface area contributed by atoms with Crippen molar-refractivity contribution in [2.24, 2.45) is 0 Å². The van der Waals surface area contributed by atoms with Crippen LogP contribution < -0.4 is 0 Å². The summed E-state index contributed by atoms with van der Waals surface area (Å²) in [6, 6.07) is 0.689. The van der Waals surface area contributed by atoms with Gasteiger partial charge in [-0.25, -0.2) is 8.78 Å². The lowest BCUT2D eigenvalue weighted by Gasteiger charge is -2.04. The van der Waals surface area contributed by atoms with Crippen LogP contribution in [0.1, 0.15) is 15.9 Å². The number of fused-ring (bicyclic) bond motifs is 1. The number of rotatable bonds is 1. The van der Waals surface area contributed by atoms with E-state index >= 15 is 0 Å². The first-order valence-corrected chi connectivity index (χ1v) is 4.73. The van der Waals surface area contributed by atoms with Crippen LogP contribution in [-0.2, 0) is 4.79 Å². The summed E-state index contributed by atoms with van der Waals surface area (Å²) >= 11 is 0. The first-order chi connectivity index (χ1) is 8.64. The second-order valence-corrected chi connectivity index (χ2v) is 3.69. The Morgan fingerprint density at radius 2 is 1.53 bits per heavy atom. The van der Waals surface area contributed by atoms with Gasteiger partial charge >= 0.3 is 6.18 Å². The smallest absolute Gasteiger partial charge is 0.455 e. The maximum Gasteiger partial charge on any atom is 0.455 e. The summed E-state index contributed by atoms with van der Waals surface area (Å²) in [6.07, 6.45) is -5.38. The number of ketones is 2. The molecule has 19 heavy (non-hydrogen) atoms. The minimum Gasteiger partial charge on any atom is -0.506 e. The van der Waals surface area contributed by atoms with E-state index in [1.165, 1.54) is 0 Å². The van der Waals surface area contributed by atoms with Gasteiger partial charge < -0.3 is 5.11 Å². The summed E-state index contributed by atoms with van der Waals surface area (Å²) in [4.78, 5) is 22.5. The van der Waals surface area contributed by atoms with E-state index in [0.717, 1.165) is 0 Å². The average Bonchev–Trinajstić information content (AvgIpc) is 2.51. The predicted molar refractivity (Wildman–Crippen MR) is 51.3 cm³/mol. The molecule has 0 heterocycles. The van der Waals surface area contributed by atoms with Crippen LogP contribution in [0.15, 0.2) is 17.7 Å². The Labute approximate surface area is 102 Å². The number of carbonyl (C=O) groups excluding carboxylic acids is 2. The van der Waals surface area contributed by atoms with E-state index in [-0.39, 0.29) is 0 Å². The fraction of sp³-hybridized carbons (Fsp3) is 0.0909. The van der Waals surface area contributed by atoms with E-state index in [4.69, 9.17) is 0 Å². The Kier molecular flexibility index (Phi) is 2.69. The number of allylic oxidation sites excluding steroid dienone is 1. The van der Waals surface area contributed by atoms with Crippen molar-refractivity contribution in [3.05, 3.63) is 40.5 Å². The van der Waals surface area contributed by atoms with Crippen molar-refractivity contribution in [3.63, 3.8) is 0 Å². The van der Waals surface area contributed by atoms with Gasteiger partial charge in [-0.3, -0.25) is 9.59 Å². The van der Waals surface area contributed by atoms with E-state index in [1.54, 1.807) is 0 Å². The molecule has 8 heteroatoms. The molecule has 0 unspecified atom stereocenters. The predicted octanol–water partition coefficient (Wildman–Crippen LogP) is 2.56. The van der Waals surface area contributed by atoms with E-state index in [9.17, 15) is 36.6 Å². The fourth-order valence-corrected chi connectivity index (χ4v) is 1.66. The van der Waals surface area contributed by atoms with Gasteiger partial charge in [0.05, 0.1) is 0 Å². The van der Waals surface area contributed by atoms with Crippen molar-refractivity contribution in [3.8, 4) is 0 Å². The molecule has 0 spiro atoms. The van der Waals surface area contributed by atoms with Gasteiger partial charge in [0.15, 0.2) is 11.6 Å². The summed E-state index contributed by atoms with van der Waals surface area (Å²) in [5.41, 5.74) is -2.87. The minimum atomic E-state index is -5.38. The highest BCUT2D eigenvalue weighted by atomic mass is 19.4. The third-order valence-electron chi connectivity index (χ3n) is 2.51. The number of carbonyl (C=O) groups is 2. The van der Waals surface area contributed by atoms with Crippen molar-refractivity contribution in [2.45, 2.75) is 6.18 Å². The molecule has 0 aromatic heterocycles. The average molecular weight is 278 g/mol. The van der Waals surface area contributed by atoms with Gasteiger partial charge in [-0.15, -0.1) is 0 Å². The van der Waals surface area contributed by atoms with Gasteiger partial charge in [-0.1, -0.05) is 0 Å². The van der Waals surface area contributed by atoms with Crippen LogP contribution in [0, 0.1) is 11.6 Å². The monoisotopic (exact) mass is 278 g/mol. The number of aliphatic hydroxyl groups excluding tert-OH is 1. The Morgan fingerprint density at radius 1 is 1.05 bits per heavy atom. The second-order valence-electron chi connectivity index (χ2n) is 3.69. The third kappa shape index (κ3) is 1.88. The molecule has 0 bridgehead atoms. The largest absolute Gasteiger partial charge is 0.506 e. The fourth-order valence-electron chi connectivity index (χ4n) is 1.66. The molecule has 2 rings (SSSR count). The molecule has 0 fully saturated rings. The van der Waals surface area contributed by atoms with E-state index < -0.39 is 51.8 Å². The van der Waals surface area contributed by atoms with Crippen LogP contribution in [0.5, 0.6) is 0 Å². The van der Waals surface area contributed by atoms with Gasteiger partial charge in [0.2, 0.25) is 5.78 Å². The van der Waals surface area contributed by atoms with Gasteiger partial charge in [-0.2, -0.15) is 13.2 Å². The first kappa shape index (κ1) is 13.2. The second kappa shape index (κ2) is 3.87. The molecule has 0 amide bonds. The molecule has 1 aliphatic carbocycles. The van der Waals surface area contributed by atoms with Crippen molar-refractivity contribution in [2.75, 3.05) is 0 Å². The Morgan fingerprint density at radius 3 is 2.00 bits per heavy atom. The molecule has 0 saturated heterocycles. The number of halogens is 5. The molecule has 100 valence electrons. The molecular formula is C11H3F5O3. The lowest BCUT2D eigenvalue weighted by Crippen LogP contribution is -2.27. The standard InChI is InChI=1S/C11H3F5O3/c12-5-1-3-4(2-6(5)13)9(18)7(8(3)17)10(19)11(14,15)16/h1-2,17H. The van der Waals surface area contributed by atoms with Crippen LogP contribution in [-0.4, -0.2) is 22.8 Å². The van der Waals surface area contributed by atoms with Gasteiger partial charge in [-0.05, 0) is 12.1 Å². The SMILES string of the molecule is O=C1C(C(=O)C(F)(F)F)=C(O)c2cc(F)c(F)cc21. The number of hydrogen-bond acceptors (Lipinski definition) is 3. The van der Waals surface area contributed by atoms with Crippen LogP contribution >= 0.6 is 0 Å². The van der Waals surface area contributed by atoms with Crippen molar-refractivity contribution in [1.82, 2.24) is 0 Å². The van der Waals surface area contributed by atoms with Crippen LogP contribution in [0.25, 0.3) is 5.76 Å². The van der Waals surface area contributed by atoms with Crippen LogP contribution in [0.3, 0.4) is 0 Å². The zero-order valence-corrected chi connectivity index (χ0v) is 8.81. The van der Waals surface area contributed by atoms with E-state index in [2.05, 4.69) is 0 Å². The Balaban J connectivity index is 2.63. The van der Waals surface area contributed by atoms with Crippen molar-refractivity contribution >= 4 is 17.3 Å². The summed E-state index contributed by atoms with van der Waals surface area (Å²) in [7, 11) is 0. The number of benzene rings is 1. The summed E-state index contributed by atoms with van der Waals surface area (Å²) in [6.45, 7) is 0. The molecule has 3 nitrogen and oxygen atoms in total. The highest BCUT2D eigenvalue weighted by Gasteiger charge is 2.47.